The highest BCUT2D eigenvalue weighted by atomic mass is 79.9. The molecule has 0 fully saturated rings. The first-order valence-electron chi connectivity index (χ1n) is 4.29. The van der Waals surface area contributed by atoms with Crippen LogP contribution in [0, 0.1) is 0 Å². The fraction of sp³-hybridized carbons (Fsp3) is 0.222. The van der Waals surface area contributed by atoms with Gasteiger partial charge in [-0.15, -0.1) is 0 Å². The second kappa shape index (κ2) is 3.88. The lowest BCUT2D eigenvalue weighted by Gasteiger charge is -1.97. The van der Waals surface area contributed by atoms with Crippen LogP contribution in [-0.2, 0) is 6.54 Å². The van der Waals surface area contributed by atoms with E-state index in [2.05, 4.69) is 31.0 Å². The van der Waals surface area contributed by atoms with Gasteiger partial charge < -0.3 is 0 Å². The summed E-state index contributed by atoms with van der Waals surface area (Å²) in [4.78, 5) is 8.04. The van der Waals surface area contributed by atoms with Gasteiger partial charge in [-0.3, -0.25) is 4.68 Å². The van der Waals surface area contributed by atoms with Crippen molar-refractivity contribution in [3.05, 3.63) is 29.5 Å². The van der Waals surface area contributed by atoms with E-state index >= 15 is 0 Å². The number of aryl methyl sites for hydroxylation is 1. The standard InChI is InChI=1S/C9H9BrN4/c1-2-14-5-7(3-13-14)8-4-11-6-12-9(8)10/h3-6H,2H2,1H3. The Morgan fingerprint density at radius 1 is 1.43 bits per heavy atom. The van der Waals surface area contributed by atoms with Gasteiger partial charge in [0.25, 0.3) is 0 Å². The Bertz CT molecular complexity index is 438. The first-order valence-corrected chi connectivity index (χ1v) is 5.09. The van der Waals surface area contributed by atoms with Crippen LogP contribution in [0.25, 0.3) is 11.1 Å². The summed E-state index contributed by atoms with van der Waals surface area (Å²) >= 11 is 3.38. The molecule has 14 heavy (non-hydrogen) atoms. The van der Waals surface area contributed by atoms with Crippen LogP contribution in [0.1, 0.15) is 6.92 Å². The lowest BCUT2D eigenvalue weighted by atomic mass is 10.2. The second-order valence-corrected chi connectivity index (χ2v) is 3.56. The van der Waals surface area contributed by atoms with Gasteiger partial charge in [-0.25, -0.2) is 9.97 Å². The molecule has 0 saturated heterocycles. The number of hydrogen-bond donors (Lipinski definition) is 0. The van der Waals surface area contributed by atoms with Gasteiger partial charge in [0.1, 0.15) is 10.9 Å². The molecule has 4 nitrogen and oxygen atoms in total. The maximum Gasteiger partial charge on any atom is 0.117 e. The summed E-state index contributed by atoms with van der Waals surface area (Å²) in [6.45, 7) is 2.92. The Labute approximate surface area is 90.1 Å². The van der Waals surface area contributed by atoms with E-state index in [1.807, 2.05) is 24.0 Å². The molecule has 0 aromatic carbocycles. The predicted molar refractivity (Wildman–Crippen MR) is 56.6 cm³/mol. The average molecular weight is 253 g/mol. The van der Waals surface area contributed by atoms with E-state index in [-0.39, 0.29) is 0 Å². The van der Waals surface area contributed by atoms with Crippen molar-refractivity contribution in [2.24, 2.45) is 0 Å². The first-order chi connectivity index (χ1) is 6.81. The van der Waals surface area contributed by atoms with Crippen LogP contribution in [0.5, 0.6) is 0 Å². The second-order valence-electron chi connectivity index (χ2n) is 2.81. The van der Waals surface area contributed by atoms with Crippen LogP contribution < -0.4 is 0 Å². The van der Waals surface area contributed by atoms with E-state index in [4.69, 9.17) is 0 Å². The number of hydrogen-bond acceptors (Lipinski definition) is 3. The van der Waals surface area contributed by atoms with Crippen molar-refractivity contribution in [3.63, 3.8) is 0 Å². The summed E-state index contributed by atoms with van der Waals surface area (Å²) in [7, 11) is 0. The van der Waals surface area contributed by atoms with Gasteiger partial charge in [0.05, 0.1) is 6.20 Å². The Morgan fingerprint density at radius 3 is 2.93 bits per heavy atom. The Kier molecular flexibility index (Phi) is 2.58. The van der Waals surface area contributed by atoms with Gasteiger partial charge in [-0.2, -0.15) is 5.10 Å². The number of halogens is 1. The van der Waals surface area contributed by atoms with E-state index in [0.717, 1.165) is 22.3 Å². The molecule has 0 aliphatic rings. The molecule has 0 radical (unpaired) electrons. The molecule has 5 heteroatoms. The lowest BCUT2D eigenvalue weighted by molar-refractivity contribution is 0.660. The van der Waals surface area contributed by atoms with Crippen molar-refractivity contribution in [3.8, 4) is 11.1 Å². The zero-order chi connectivity index (χ0) is 9.97. The molecule has 72 valence electrons. The summed E-state index contributed by atoms with van der Waals surface area (Å²) in [6.07, 6.45) is 7.07. The van der Waals surface area contributed by atoms with Gasteiger partial charge >= 0.3 is 0 Å². The fourth-order valence-corrected chi connectivity index (χ4v) is 1.61. The van der Waals surface area contributed by atoms with Gasteiger partial charge in [-0.05, 0) is 22.9 Å². The Balaban J connectivity index is 2.44. The number of aromatic nitrogens is 4. The van der Waals surface area contributed by atoms with Crippen LogP contribution in [-0.4, -0.2) is 19.7 Å². The van der Waals surface area contributed by atoms with Gasteiger partial charge in [-0.1, -0.05) is 0 Å². The molecule has 0 amide bonds. The van der Waals surface area contributed by atoms with Gasteiger partial charge in [0, 0.05) is 30.1 Å². The summed E-state index contributed by atoms with van der Waals surface area (Å²) in [5.74, 6) is 0. The zero-order valence-electron chi connectivity index (χ0n) is 7.68. The fourth-order valence-electron chi connectivity index (χ4n) is 1.18. The first kappa shape index (κ1) is 9.33. The molecule has 0 bridgehead atoms. The van der Waals surface area contributed by atoms with Crippen LogP contribution in [0.4, 0.5) is 0 Å². The monoisotopic (exact) mass is 252 g/mol. The number of nitrogens with zero attached hydrogens (tertiary/aromatic N) is 4. The van der Waals surface area contributed by atoms with Crippen LogP contribution >= 0.6 is 15.9 Å². The minimum atomic E-state index is 0.795. The molecule has 2 aromatic heterocycles. The summed E-state index contributed by atoms with van der Waals surface area (Å²) < 4.78 is 2.66. The molecule has 2 rings (SSSR count). The molecule has 0 aliphatic carbocycles. The highest BCUT2D eigenvalue weighted by molar-refractivity contribution is 9.10. The zero-order valence-corrected chi connectivity index (χ0v) is 9.27. The van der Waals surface area contributed by atoms with Crippen molar-refractivity contribution >= 4 is 15.9 Å². The third-order valence-corrected chi connectivity index (χ3v) is 2.56. The van der Waals surface area contributed by atoms with Gasteiger partial charge in [0.2, 0.25) is 0 Å². The SMILES string of the molecule is CCn1cc(-c2cncnc2Br)cn1. The maximum absolute atomic E-state index is 4.19. The topological polar surface area (TPSA) is 43.6 Å². The summed E-state index contributed by atoms with van der Waals surface area (Å²) in [5.41, 5.74) is 1.99. The van der Waals surface area contributed by atoms with Crippen LogP contribution in [0.2, 0.25) is 0 Å². The normalized spacial score (nSPS) is 10.4. The van der Waals surface area contributed by atoms with Crippen LogP contribution in [0.15, 0.2) is 29.5 Å². The van der Waals surface area contributed by atoms with E-state index in [1.165, 1.54) is 6.33 Å². The van der Waals surface area contributed by atoms with Crippen LogP contribution in [0.3, 0.4) is 0 Å². The largest absolute Gasteiger partial charge is 0.272 e. The molecule has 0 atom stereocenters. The molecule has 2 heterocycles. The third kappa shape index (κ3) is 1.68. The average Bonchev–Trinajstić information content (AvgIpc) is 2.67. The smallest absolute Gasteiger partial charge is 0.117 e. The lowest BCUT2D eigenvalue weighted by Crippen LogP contribution is -1.92. The van der Waals surface area contributed by atoms with E-state index in [9.17, 15) is 0 Å². The minimum Gasteiger partial charge on any atom is -0.272 e. The highest BCUT2D eigenvalue weighted by Crippen LogP contribution is 2.24. The molecule has 0 saturated carbocycles. The summed E-state index contributed by atoms with van der Waals surface area (Å²) in [5, 5.41) is 4.19. The van der Waals surface area contributed by atoms with Crippen molar-refractivity contribution in [2.45, 2.75) is 13.5 Å². The maximum atomic E-state index is 4.19. The molecular formula is C9H9BrN4. The van der Waals surface area contributed by atoms with E-state index < -0.39 is 0 Å². The van der Waals surface area contributed by atoms with Crippen molar-refractivity contribution in [2.75, 3.05) is 0 Å². The van der Waals surface area contributed by atoms with E-state index in [1.54, 1.807) is 6.20 Å². The molecule has 0 N–H and O–H groups in total. The molecule has 0 unspecified atom stereocenters. The molecule has 2 aromatic rings. The van der Waals surface area contributed by atoms with Gasteiger partial charge in [0.15, 0.2) is 0 Å². The highest BCUT2D eigenvalue weighted by Gasteiger charge is 2.05. The Morgan fingerprint density at radius 2 is 2.29 bits per heavy atom. The van der Waals surface area contributed by atoms with Crippen molar-refractivity contribution in [1.82, 2.24) is 19.7 Å². The van der Waals surface area contributed by atoms with Crippen molar-refractivity contribution in [1.29, 1.82) is 0 Å². The predicted octanol–water partition coefficient (Wildman–Crippen LogP) is 2.12. The molecule has 0 spiro atoms. The minimum absolute atomic E-state index is 0.795. The third-order valence-electron chi connectivity index (χ3n) is 1.93. The Hall–Kier alpha value is -1.23. The summed E-state index contributed by atoms with van der Waals surface area (Å²) in [6, 6.07) is 0. The molecule has 0 aliphatic heterocycles. The quantitative estimate of drug-likeness (QED) is 0.770. The van der Waals surface area contributed by atoms with Crippen molar-refractivity contribution < 1.29 is 0 Å². The number of rotatable bonds is 2. The molecular weight excluding hydrogens is 244 g/mol. The van der Waals surface area contributed by atoms with E-state index in [0.29, 0.717) is 0 Å².